The summed E-state index contributed by atoms with van der Waals surface area (Å²) >= 11 is 0. The fourth-order valence-corrected chi connectivity index (χ4v) is 1.19. The monoisotopic (exact) mass is 203 g/mol. The molecule has 0 bridgehead atoms. The third-order valence-corrected chi connectivity index (χ3v) is 1.91. The number of rotatable bonds is 2. The summed E-state index contributed by atoms with van der Waals surface area (Å²) in [6.07, 6.45) is 1.66. The van der Waals surface area contributed by atoms with Crippen molar-refractivity contribution in [1.29, 1.82) is 0 Å². The minimum atomic E-state index is -0.489. The summed E-state index contributed by atoms with van der Waals surface area (Å²) in [7, 11) is 1.31. The van der Waals surface area contributed by atoms with Gasteiger partial charge in [-0.1, -0.05) is 6.07 Å². The van der Waals surface area contributed by atoms with Crippen molar-refractivity contribution in [2.45, 2.75) is 0 Å². The number of esters is 1. The van der Waals surface area contributed by atoms with Crippen LogP contribution < -0.4 is 0 Å². The molecule has 2 aromatic rings. The van der Waals surface area contributed by atoms with Crippen molar-refractivity contribution in [1.82, 2.24) is 4.98 Å². The van der Waals surface area contributed by atoms with Gasteiger partial charge in [-0.3, -0.25) is 4.98 Å². The molecule has 0 aliphatic rings. The molecule has 0 aromatic carbocycles. The largest absolute Gasteiger partial charge is 0.463 e. The van der Waals surface area contributed by atoms with E-state index < -0.39 is 5.97 Å². The molecule has 2 aromatic heterocycles. The van der Waals surface area contributed by atoms with Crippen molar-refractivity contribution in [2.24, 2.45) is 0 Å². The highest BCUT2D eigenvalue weighted by molar-refractivity contribution is 5.86. The molecule has 0 aliphatic heterocycles. The van der Waals surface area contributed by atoms with Crippen LogP contribution in [-0.2, 0) is 4.74 Å². The topological polar surface area (TPSA) is 52.3 Å². The van der Waals surface area contributed by atoms with Gasteiger partial charge in [-0.15, -0.1) is 0 Å². The predicted molar refractivity (Wildman–Crippen MR) is 53.3 cm³/mol. The van der Waals surface area contributed by atoms with Crippen molar-refractivity contribution in [2.75, 3.05) is 7.11 Å². The minimum Gasteiger partial charge on any atom is -0.463 e. The molecule has 2 heterocycles. The molecule has 4 nitrogen and oxygen atoms in total. The number of furan rings is 1. The zero-order valence-electron chi connectivity index (χ0n) is 8.14. The lowest BCUT2D eigenvalue weighted by atomic mass is 10.3. The van der Waals surface area contributed by atoms with E-state index in [0.29, 0.717) is 11.5 Å². The Morgan fingerprint density at radius 2 is 2.20 bits per heavy atom. The van der Waals surface area contributed by atoms with Crippen molar-refractivity contribution in [3.05, 3.63) is 42.3 Å². The van der Waals surface area contributed by atoms with Crippen LogP contribution in [0.2, 0.25) is 0 Å². The van der Waals surface area contributed by atoms with E-state index in [-0.39, 0.29) is 5.76 Å². The van der Waals surface area contributed by atoms with Gasteiger partial charge in [0.25, 0.3) is 0 Å². The summed E-state index contributed by atoms with van der Waals surface area (Å²) in [6.45, 7) is 0. The minimum absolute atomic E-state index is 0.179. The van der Waals surface area contributed by atoms with E-state index in [4.69, 9.17) is 4.42 Å². The van der Waals surface area contributed by atoms with E-state index >= 15 is 0 Å². The van der Waals surface area contributed by atoms with Crippen LogP contribution in [0.15, 0.2) is 40.9 Å². The van der Waals surface area contributed by atoms with Crippen LogP contribution in [0.3, 0.4) is 0 Å². The molecule has 0 aliphatic carbocycles. The molecule has 2 rings (SSSR count). The normalized spacial score (nSPS) is 9.93. The molecular formula is C11H9NO3. The highest BCUT2D eigenvalue weighted by atomic mass is 16.5. The average Bonchev–Trinajstić information content (AvgIpc) is 2.78. The fourth-order valence-electron chi connectivity index (χ4n) is 1.19. The Hall–Kier alpha value is -2.10. The van der Waals surface area contributed by atoms with Crippen LogP contribution in [0.1, 0.15) is 10.6 Å². The summed E-state index contributed by atoms with van der Waals surface area (Å²) in [5.74, 6) is 0.242. The van der Waals surface area contributed by atoms with Crippen LogP contribution in [0.5, 0.6) is 0 Å². The SMILES string of the molecule is COC(=O)c1ccc(-c2ccccn2)o1. The Kier molecular flexibility index (Phi) is 2.49. The molecule has 15 heavy (non-hydrogen) atoms. The molecule has 0 spiro atoms. The zero-order valence-corrected chi connectivity index (χ0v) is 8.14. The molecule has 0 saturated carbocycles. The maximum absolute atomic E-state index is 11.1. The van der Waals surface area contributed by atoms with E-state index in [2.05, 4.69) is 9.72 Å². The smallest absolute Gasteiger partial charge is 0.373 e. The van der Waals surface area contributed by atoms with E-state index in [0.717, 1.165) is 0 Å². The molecule has 76 valence electrons. The molecule has 0 atom stereocenters. The lowest BCUT2D eigenvalue weighted by Gasteiger charge is -1.95. The Morgan fingerprint density at radius 3 is 2.87 bits per heavy atom. The van der Waals surface area contributed by atoms with Gasteiger partial charge in [0.1, 0.15) is 5.69 Å². The highest BCUT2D eigenvalue weighted by Gasteiger charge is 2.12. The first-order valence-electron chi connectivity index (χ1n) is 4.41. The third kappa shape index (κ3) is 1.88. The van der Waals surface area contributed by atoms with Gasteiger partial charge < -0.3 is 9.15 Å². The van der Waals surface area contributed by atoms with Crippen molar-refractivity contribution < 1.29 is 13.9 Å². The first kappa shape index (κ1) is 9.45. The number of carbonyl (C=O) groups is 1. The quantitative estimate of drug-likeness (QED) is 0.701. The van der Waals surface area contributed by atoms with Crippen molar-refractivity contribution >= 4 is 5.97 Å². The van der Waals surface area contributed by atoms with Crippen LogP contribution >= 0.6 is 0 Å². The van der Waals surface area contributed by atoms with Gasteiger partial charge in [0.2, 0.25) is 5.76 Å². The second-order valence-corrected chi connectivity index (χ2v) is 2.87. The number of pyridine rings is 1. The van der Waals surface area contributed by atoms with Gasteiger partial charge in [0.15, 0.2) is 5.76 Å². The molecule has 0 unspecified atom stereocenters. The number of hydrogen-bond donors (Lipinski definition) is 0. The van der Waals surface area contributed by atoms with Crippen LogP contribution in [-0.4, -0.2) is 18.1 Å². The number of ether oxygens (including phenoxy) is 1. The van der Waals surface area contributed by atoms with E-state index in [9.17, 15) is 4.79 Å². The summed E-state index contributed by atoms with van der Waals surface area (Å²) < 4.78 is 9.82. The third-order valence-electron chi connectivity index (χ3n) is 1.91. The maximum Gasteiger partial charge on any atom is 0.373 e. The van der Waals surface area contributed by atoms with Crippen LogP contribution in [0.25, 0.3) is 11.5 Å². The second kappa shape index (κ2) is 3.96. The molecule has 0 saturated heterocycles. The Bertz CT molecular complexity index is 462. The van der Waals surface area contributed by atoms with Crippen LogP contribution in [0, 0.1) is 0 Å². The maximum atomic E-state index is 11.1. The number of nitrogens with zero attached hydrogens (tertiary/aromatic N) is 1. The molecule has 0 N–H and O–H groups in total. The lowest BCUT2D eigenvalue weighted by Crippen LogP contribution is -1.98. The van der Waals surface area contributed by atoms with Crippen molar-refractivity contribution in [3.8, 4) is 11.5 Å². The lowest BCUT2D eigenvalue weighted by molar-refractivity contribution is 0.0566. The van der Waals surface area contributed by atoms with Gasteiger partial charge in [-0.25, -0.2) is 4.79 Å². The first-order valence-corrected chi connectivity index (χ1v) is 4.41. The zero-order chi connectivity index (χ0) is 10.7. The number of carbonyl (C=O) groups excluding carboxylic acids is 1. The molecule has 0 fully saturated rings. The summed E-state index contributed by atoms with van der Waals surface area (Å²) in [6, 6.07) is 8.72. The highest BCUT2D eigenvalue weighted by Crippen LogP contribution is 2.19. The fraction of sp³-hybridized carbons (Fsp3) is 0.0909. The number of hydrogen-bond acceptors (Lipinski definition) is 4. The molecular weight excluding hydrogens is 194 g/mol. The van der Waals surface area contributed by atoms with E-state index in [1.807, 2.05) is 12.1 Å². The standard InChI is InChI=1S/C11H9NO3/c1-14-11(13)10-6-5-9(15-10)8-4-2-3-7-12-8/h2-7H,1H3. The van der Waals surface area contributed by atoms with Gasteiger partial charge in [0.05, 0.1) is 7.11 Å². The number of aromatic nitrogens is 1. The molecule has 0 radical (unpaired) electrons. The Labute approximate surface area is 86.5 Å². The van der Waals surface area contributed by atoms with Gasteiger partial charge >= 0.3 is 5.97 Å². The summed E-state index contributed by atoms with van der Waals surface area (Å²) in [4.78, 5) is 15.2. The summed E-state index contributed by atoms with van der Waals surface area (Å²) in [5.41, 5.74) is 0.688. The van der Waals surface area contributed by atoms with Crippen LogP contribution in [0.4, 0.5) is 0 Å². The van der Waals surface area contributed by atoms with Crippen molar-refractivity contribution in [3.63, 3.8) is 0 Å². The Morgan fingerprint density at radius 1 is 1.33 bits per heavy atom. The molecule has 0 amide bonds. The summed E-state index contributed by atoms with van der Waals surface area (Å²) in [5, 5.41) is 0. The van der Waals surface area contributed by atoms with Gasteiger partial charge in [-0.2, -0.15) is 0 Å². The van der Waals surface area contributed by atoms with Gasteiger partial charge in [-0.05, 0) is 24.3 Å². The van der Waals surface area contributed by atoms with E-state index in [1.165, 1.54) is 7.11 Å². The molecule has 4 heteroatoms. The predicted octanol–water partition coefficient (Wildman–Crippen LogP) is 2.13. The Balaban J connectivity index is 2.32. The van der Waals surface area contributed by atoms with E-state index in [1.54, 1.807) is 24.4 Å². The average molecular weight is 203 g/mol. The second-order valence-electron chi connectivity index (χ2n) is 2.87. The number of methoxy groups -OCH3 is 1. The first-order chi connectivity index (χ1) is 7.31. The van der Waals surface area contributed by atoms with Gasteiger partial charge in [0, 0.05) is 6.20 Å².